The molecule has 2 aromatic carbocycles. The van der Waals surface area contributed by atoms with Gasteiger partial charge in [-0.2, -0.15) is 0 Å². The Morgan fingerprint density at radius 2 is 1.89 bits per heavy atom. The van der Waals surface area contributed by atoms with Gasteiger partial charge in [0.2, 0.25) is 0 Å². The van der Waals surface area contributed by atoms with E-state index in [9.17, 15) is 28.9 Å². The highest BCUT2D eigenvalue weighted by Gasteiger charge is 2.49. The summed E-state index contributed by atoms with van der Waals surface area (Å²) >= 11 is 0. The number of urea groups is 1. The lowest BCUT2D eigenvalue weighted by Gasteiger charge is -2.22. The van der Waals surface area contributed by atoms with Crippen LogP contribution in [0.2, 0.25) is 0 Å². The van der Waals surface area contributed by atoms with Gasteiger partial charge in [-0.3, -0.25) is 24.6 Å². The minimum absolute atomic E-state index is 0.0412. The summed E-state index contributed by atoms with van der Waals surface area (Å²) in [6.45, 7) is 0.901. The van der Waals surface area contributed by atoms with Gasteiger partial charge < -0.3 is 5.32 Å². The number of hydrogen-bond donors (Lipinski definition) is 1. The molecule has 138 valence electrons. The summed E-state index contributed by atoms with van der Waals surface area (Å²) in [5.74, 6) is -1.87. The van der Waals surface area contributed by atoms with Crippen LogP contribution in [0.25, 0.3) is 0 Å². The molecule has 27 heavy (non-hydrogen) atoms. The molecule has 0 spiro atoms. The summed E-state index contributed by atoms with van der Waals surface area (Å²) in [6.07, 6.45) is 0. The van der Waals surface area contributed by atoms with Crippen LogP contribution in [0.15, 0.2) is 48.5 Å². The SMILES string of the molecule is C[C@@]1(c2ccc([N+](=O)[O-])cc2)NC(=O)N(CC(=O)c2cccc(F)c2)C1=O. The first-order valence-electron chi connectivity index (χ1n) is 7.90. The van der Waals surface area contributed by atoms with Crippen molar-refractivity contribution < 1.29 is 23.7 Å². The van der Waals surface area contributed by atoms with Gasteiger partial charge in [-0.1, -0.05) is 12.1 Å². The molecule has 0 radical (unpaired) electrons. The van der Waals surface area contributed by atoms with Crippen molar-refractivity contribution >= 4 is 23.4 Å². The highest BCUT2D eigenvalue weighted by atomic mass is 19.1. The first-order valence-corrected chi connectivity index (χ1v) is 7.90. The number of nitro benzene ring substituents is 1. The summed E-state index contributed by atoms with van der Waals surface area (Å²) < 4.78 is 13.3. The Morgan fingerprint density at radius 3 is 2.48 bits per heavy atom. The lowest BCUT2D eigenvalue weighted by atomic mass is 9.92. The second-order valence-corrected chi connectivity index (χ2v) is 6.18. The van der Waals surface area contributed by atoms with E-state index < -0.39 is 40.5 Å². The molecule has 0 bridgehead atoms. The molecule has 9 heteroatoms. The monoisotopic (exact) mass is 371 g/mol. The van der Waals surface area contributed by atoms with Crippen LogP contribution in [-0.4, -0.2) is 34.1 Å². The van der Waals surface area contributed by atoms with Crippen LogP contribution in [0.4, 0.5) is 14.9 Å². The Kier molecular flexibility index (Phi) is 4.44. The van der Waals surface area contributed by atoms with E-state index in [1.165, 1.54) is 49.4 Å². The van der Waals surface area contributed by atoms with Crippen molar-refractivity contribution in [2.24, 2.45) is 0 Å². The maximum atomic E-state index is 13.3. The molecule has 1 aliphatic heterocycles. The van der Waals surface area contributed by atoms with Gasteiger partial charge in [0.1, 0.15) is 11.4 Å². The topological polar surface area (TPSA) is 110 Å². The molecule has 2 aromatic rings. The standard InChI is InChI=1S/C18H14FN3O5/c1-18(12-5-7-14(8-6-12)22(26)27)16(24)21(17(25)20-18)10-15(23)11-3-2-4-13(19)9-11/h2-9H,10H2,1H3,(H,20,25)/t18-/m0/s1. The largest absolute Gasteiger partial charge is 0.325 e. The van der Waals surface area contributed by atoms with Crippen LogP contribution < -0.4 is 5.32 Å². The number of carbonyl (C=O) groups excluding carboxylic acids is 3. The maximum Gasteiger partial charge on any atom is 0.325 e. The van der Waals surface area contributed by atoms with Crippen LogP contribution in [-0.2, 0) is 10.3 Å². The van der Waals surface area contributed by atoms with E-state index >= 15 is 0 Å². The number of rotatable bonds is 5. The van der Waals surface area contributed by atoms with Crippen molar-refractivity contribution in [3.8, 4) is 0 Å². The molecule has 3 rings (SSSR count). The summed E-state index contributed by atoms with van der Waals surface area (Å²) in [7, 11) is 0. The lowest BCUT2D eigenvalue weighted by Crippen LogP contribution is -2.41. The Labute approximate surface area is 152 Å². The number of non-ortho nitro benzene ring substituents is 1. The van der Waals surface area contributed by atoms with Crippen LogP contribution >= 0.6 is 0 Å². The maximum absolute atomic E-state index is 13.3. The number of ketones is 1. The minimum atomic E-state index is -1.46. The molecule has 0 aromatic heterocycles. The second kappa shape index (κ2) is 6.60. The van der Waals surface area contributed by atoms with Gasteiger partial charge in [-0.05, 0) is 36.8 Å². The van der Waals surface area contributed by atoms with E-state index in [2.05, 4.69) is 5.32 Å². The molecule has 3 amide bonds. The zero-order valence-corrected chi connectivity index (χ0v) is 14.1. The number of nitro groups is 1. The third kappa shape index (κ3) is 3.26. The highest BCUT2D eigenvalue weighted by Crippen LogP contribution is 2.30. The molecular weight excluding hydrogens is 357 g/mol. The number of imide groups is 1. The number of halogens is 1. The number of Topliss-reactive ketones (excluding diaryl/α,β-unsaturated/α-hetero) is 1. The van der Waals surface area contributed by atoms with Gasteiger partial charge in [-0.25, -0.2) is 9.18 Å². The van der Waals surface area contributed by atoms with Crippen molar-refractivity contribution in [3.05, 3.63) is 75.6 Å². The van der Waals surface area contributed by atoms with E-state index in [0.717, 1.165) is 11.0 Å². The molecule has 1 aliphatic rings. The molecule has 0 aliphatic carbocycles. The number of carbonyl (C=O) groups is 3. The summed E-state index contributed by atoms with van der Waals surface area (Å²) in [6, 6.07) is 9.36. The van der Waals surface area contributed by atoms with Crippen LogP contribution in [0, 0.1) is 15.9 Å². The molecule has 1 atom stereocenters. The predicted molar refractivity (Wildman–Crippen MR) is 91.4 cm³/mol. The van der Waals surface area contributed by atoms with Crippen LogP contribution in [0.3, 0.4) is 0 Å². The molecule has 0 saturated carbocycles. The smallest absolute Gasteiger partial charge is 0.319 e. The average Bonchev–Trinajstić information content (AvgIpc) is 2.86. The lowest BCUT2D eigenvalue weighted by molar-refractivity contribution is -0.384. The minimum Gasteiger partial charge on any atom is -0.319 e. The van der Waals surface area contributed by atoms with Crippen molar-refractivity contribution in [1.82, 2.24) is 10.2 Å². The normalized spacial score (nSPS) is 19.1. The van der Waals surface area contributed by atoms with E-state index in [-0.39, 0.29) is 11.3 Å². The molecule has 1 N–H and O–H groups in total. The number of amides is 3. The van der Waals surface area contributed by atoms with E-state index in [0.29, 0.717) is 5.56 Å². The summed E-state index contributed by atoms with van der Waals surface area (Å²) in [5, 5.41) is 13.3. The van der Waals surface area contributed by atoms with Crippen molar-refractivity contribution in [3.63, 3.8) is 0 Å². The van der Waals surface area contributed by atoms with Gasteiger partial charge in [-0.15, -0.1) is 0 Å². The molecule has 1 saturated heterocycles. The molecule has 0 unspecified atom stereocenters. The third-order valence-corrected chi connectivity index (χ3v) is 4.38. The first kappa shape index (κ1) is 18.2. The third-order valence-electron chi connectivity index (χ3n) is 4.38. The number of hydrogen-bond acceptors (Lipinski definition) is 5. The second-order valence-electron chi connectivity index (χ2n) is 6.18. The van der Waals surface area contributed by atoms with Gasteiger partial charge in [0.25, 0.3) is 11.6 Å². The zero-order valence-electron chi connectivity index (χ0n) is 14.1. The Morgan fingerprint density at radius 1 is 1.22 bits per heavy atom. The van der Waals surface area contributed by atoms with E-state index in [1.54, 1.807) is 0 Å². The highest BCUT2D eigenvalue weighted by molar-refractivity contribution is 6.11. The fourth-order valence-electron chi connectivity index (χ4n) is 2.85. The van der Waals surface area contributed by atoms with Crippen molar-refractivity contribution in [2.45, 2.75) is 12.5 Å². The average molecular weight is 371 g/mol. The van der Waals surface area contributed by atoms with Gasteiger partial charge in [0.15, 0.2) is 5.78 Å². The number of nitrogens with zero attached hydrogens (tertiary/aromatic N) is 2. The first-order chi connectivity index (χ1) is 12.7. The summed E-state index contributed by atoms with van der Waals surface area (Å²) in [4.78, 5) is 48.2. The van der Waals surface area contributed by atoms with Crippen LogP contribution in [0.1, 0.15) is 22.8 Å². The number of benzene rings is 2. The Bertz CT molecular complexity index is 960. The number of nitrogens with one attached hydrogen (secondary N) is 1. The van der Waals surface area contributed by atoms with Crippen molar-refractivity contribution in [2.75, 3.05) is 6.54 Å². The van der Waals surface area contributed by atoms with Gasteiger partial charge in [0.05, 0.1) is 11.5 Å². The Balaban J connectivity index is 1.83. The molecule has 1 heterocycles. The van der Waals surface area contributed by atoms with E-state index in [1.807, 2.05) is 0 Å². The van der Waals surface area contributed by atoms with Crippen molar-refractivity contribution in [1.29, 1.82) is 0 Å². The van der Waals surface area contributed by atoms with Gasteiger partial charge in [0, 0.05) is 17.7 Å². The fourth-order valence-corrected chi connectivity index (χ4v) is 2.85. The predicted octanol–water partition coefficient (Wildman–Crippen LogP) is 2.38. The zero-order chi connectivity index (χ0) is 19.8. The van der Waals surface area contributed by atoms with Gasteiger partial charge >= 0.3 is 6.03 Å². The summed E-state index contributed by atoms with van der Waals surface area (Å²) in [5.41, 5.74) is -1.24. The quantitative estimate of drug-likeness (QED) is 0.376. The molecular formula is C18H14FN3O5. The Hall–Kier alpha value is -3.62. The van der Waals surface area contributed by atoms with Crippen LogP contribution in [0.5, 0.6) is 0 Å². The molecule has 8 nitrogen and oxygen atoms in total. The fraction of sp³-hybridized carbons (Fsp3) is 0.167. The van der Waals surface area contributed by atoms with E-state index in [4.69, 9.17) is 0 Å². The molecule has 1 fully saturated rings.